The minimum Gasteiger partial charge on any atom is -0.467 e. The van der Waals surface area contributed by atoms with Gasteiger partial charge in [-0.15, -0.1) is 0 Å². The van der Waals surface area contributed by atoms with E-state index in [2.05, 4.69) is 5.32 Å². The van der Waals surface area contributed by atoms with Gasteiger partial charge in [0.05, 0.1) is 12.8 Å². The molecule has 0 amide bonds. The first kappa shape index (κ1) is 17.0. The number of hydrogen-bond donors (Lipinski definition) is 1. The summed E-state index contributed by atoms with van der Waals surface area (Å²) in [5.41, 5.74) is 1.74. The monoisotopic (exact) mass is 351 g/mol. The Morgan fingerprint density at radius 1 is 1.12 bits per heavy atom. The number of benzene rings is 1. The summed E-state index contributed by atoms with van der Waals surface area (Å²) in [6.45, 7) is 2.43. The van der Waals surface area contributed by atoms with Crippen molar-refractivity contribution in [3.63, 3.8) is 0 Å². The maximum Gasteiger partial charge on any atom is 0.270 e. The number of carbonyl (C=O) groups excluding carboxylic acids is 1. The number of aryl methyl sites for hydroxylation is 1. The molecule has 0 saturated heterocycles. The fraction of sp³-hybridized carbons (Fsp3) is 0.150. The number of furan rings is 1. The molecule has 5 heteroatoms. The lowest BCUT2D eigenvalue weighted by molar-refractivity contribution is -0.692. The van der Waals surface area contributed by atoms with Crippen molar-refractivity contribution in [2.75, 3.05) is 0 Å². The van der Waals surface area contributed by atoms with Crippen LogP contribution in [-0.4, -0.2) is 10.8 Å². The van der Waals surface area contributed by atoms with Crippen LogP contribution in [0.2, 0.25) is 0 Å². The fourth-order valence-electron chi connectivity index (χ4n) is 2.53. The number of carbonyl (C=O) groups is 1. The van der Waals surface area contributed by atoms with E-state index in [9.17, 15) is 4.79 Å². The molecular formula is C20H19N2O2S+. The number of rotatable bonds is 6. The van der Waals surface area contributed by atoms with Crippen LogP contribution in [0.15, 0.2) is 77.7 Å². The Bertz CT molecular complexity index is 843. The standard InChI is InChI=1S/C20H18N2O2S/c1-15-7-9-16(10-8-15)19(23)18(22-11-3-2-4-12-22)20(25)21-14-17-6-5-13-24-17/h2-13,18H,14H2,1H3/p+1/t18-/m1/s1. The van der Waals surface area contributed by atoms with Gasteiger partial charge in [-0.1, -0.05) is 48.1 Å². The van der Waals surface area contributed by atoms with Crippen molar-refractivity contribution in [3.8, 4) is 0 Å². The number of hydrogen-bond acceptors (Lipinski definition) is 3. The predicted octanol–water partition coefficient (Wildman–Crippen LogP) is 3.42. The molecule has 0 aliphatic rings. The largest absolute Gasteiger partial charge is 0.467 e. The molecule has 0 aliphatic heterocycles. The van der Waals surface area contributed by atoms with Gasteiger partial charge in [-0.3, -0.25) is 4.79 Å². The van der Waals surface area contributed by atoms with Crippen molar-refractivity contribution in [3.05, 3.63) is 90.1 Å². The van der Waals surface area contributed by atoms with E-state index in [4.69, 9.17) is 16.6 Å². The number of ketones is 1. The topological polar surface area (TPSA) is 46.1 Å². The third kappa shape index (κ3) is 4.19. The molecule has 1 atom stereocenters. The molecule has 126 valence electrons. The lowest BCUT2D eigenvalue weighted by atomic mass is 10.0. The molecule has 3 rings (SSSR count). The minimum absolute atomic E-state index is 0.0480. The highest BCUT2D eigenvalue weighted by atomic mass is 32.1. The highest BCUT2D eigenvalue weighted by Crippen LogP contribution is 2.13. The molecule has 0 aliphatic carbocycles. The molecule has 2 heterocycles. The van der Waals surface area contributed by atoms with Gasteiger partial charge in [0, 0.05) is 17.7 Å². The molecule has 2 aromatic heterocycles. The lowest BCUT2D eigenvalue weighted by Crippen LogP contribution is -2.51. The van der Waals surface area contributed by atoms with E-state index in [0.29, 0.717) is 17.1 Å². The summed E-state index contributed by atoms with van der Waals surface area (Å²) in [7, 11) is 0. The van der Waals surface area contributed by atoms with Gasteiger partial charge in [0.25, 0.3) is 6.04 Å². The van der Waals surface area contributed by atoms with E-state index in [1.807, 2.05) is 78.5 Å². The summed E-state index contributed by atoms with van der Waals surface area (Å²) in [4.78, 5) is 13.5. The number of thiocarbonyl (C=S) groups is 1. The molecule has 0 unspecified atom stereocenters. The molecule has 0 spiro atoms. The average molecular weight is 351 g/mol. The number of nitrogens with one attached hydrogen (secondary N) is 1. The van der Waals surface area contributed by atoms with E-state index >= 15 is 0 Å². The van der Waals surface area contributed by atoms with Crippen molar-refractivity contribution < 1.29 is 13.8 Å². The second kappa shape index (κ2) is 7.85. The highest BCUT2D eigenvalue weighted by Gasteiger charge is 2.32. The molecule has 0 fully saturated rings. The van der Waals surface area contributed by atoms with Crippen LogP contribution in [0.1, 0.15) is 27.7 Å². The van der Waals surface area contributed by atoms with Crippen molar-refractivity contribution in [1.82, 2.24) is 5.32 Å². The van der Waals surface area contributed by atoms with E-state index < -0.39 is 6.04 Å². The first-order valence-corrected chi connectivity index (χ1v) is 8.43. The molecule has 1 N–H and O–H groups in total. The van der Waals surface area contributed by atoms with Crippen LogP contribution in [0.5, 0.6) is 0 Å². The van der Waals surface area contributed by atoms with E-state index in [1.165, 1.54) is 0 Å². The third-order valence-electron chi connectivity index (χ3n) is 3.89. The van der Waals surface area contributed by atoms with Crippen LogP contribution in [0, 0.1) is 6.92 Å². The van der Waals surface area contributed by atoms with Gasteiger partial charge >= 0.3 is 0 Å². The zero-order valence-electron chi connectivity index (χ0n) is 13.9. The van der Waals surface area contributed by atoms with Crippen molar-refractivity contribution in [2.45, 2.75) is 19.5 Å². The Kier molecular flexibility index (Phi) is 5.36. The molecule has 1 aromatic carbocycles. The van der Waals surface area contributed by atoms with Gasteiger partial charge in [-0.05, 0) is 19.1 Å². The van der Waals surface area contributed by atoms with Crippen LogP contribution < -0.4 is 9.88 Å². The lowest BCUT2D eigenvalue weighted by Gasteiger charge is -2.14. The minimum atomic E-state index is -0.603. The van der Waals surface area contributed by atoms with Gasteiger partial charge in [-0.25, -0.2) is 0 Å². The summed E-state index contributed by atoms with van der Waals surface area (Å²) >= 11 is 5.54. The Balaban J connectivity index is 1.85. The molecule has 4 nitrogen and oxygen atoms in total. The SMILES string of the molecule is Cc1ccc(C(=O)[C@H](C(=S)NCc2ccco2)[n+]2ccccc2)cc1. The van der Waals surface area contributed by atoms with Gasteiger partial charge in [0.1, 0.15) is 5.76 Å². The quantitative estimate of drug-likeness (QED) is 0.420. The number of nitrogens with zero attached hydrogens (tertiary/aromatic N) is 1. The smallest absolute Gasteiger partial charge is 0.270 e. The Morgan fingerprint density at radius 2 is 1.84 bits per heavy atom. The maximum absolute atomic E-state index is 13.1. The number of pyridine rings is 1. The molecule has 25 heavy (non-hydrogen) atoms. The zero-order chi connectivity index (χ0) is 17.6. The van der Waals surface area contributed by atoms with Crippen molar-refractivity contribution in [1.29, 1.82) is 0 Å². The van der Waals surface area contributed by atoms with Crippen LogP contribution in [0.3, 0.4) is 0 Å². The highest BCUT2D eigenvalue weighted by molar-refractivity contribution is 7.80. The number of aromatic nitrogens is 1. The summed E-state index contributed by atoms with van der Waals surface area (Å²) in [6, 6.07) is 16.3. The molecule has 3 aromatic rings. The van der Waals surface area contributed by atoms with Crippen molar-refractivity contribution >= 4 is 23.0 Å². The van der Waals surface area contributed by atoms with Crippen LogP contribution in [-0.2, 0) is 6.54 Å². The second-order valence-corrected chi connectivity index (χ2v) is 6.19. The summed E-state index contributed by atoms with van der Waals surface area (Å²) < 4.78 is 7.13. The molecule has 0 radical (unpaired) electrons. The summed E-state index contributed by atoms with van der Waals surface area (Å²) in [6.07, 6.45) is 5.30. The van der Waals surface area contributed by atoms with Gasteiger partial charge in [-0.2, -0.15) is 4.57 Å². The zero-order valence-corrected chi connectivity index (χ0v) is 14.7. The summed E-state index contributed by atoms with van der Waals surface area (Å²) in [5, 5.41) is 3.14. The van der Waals surface area contributed by atoms with Crippen LogP contribution in [0.4, 0.5) is 0 Å². The van der Waals surface area contributed by atoms with Gasteiger partial charge in [0.15, 0.2) is 17.4 Å². The average Bonchev–Trinajstić information content (AvgIpc) is 3.15. The Hall–Kier alpha value is -2.79. The van der Waals surface area contributed by atoms with E-state index in [1.54, 1.807) is 6.26 Å². The predicted molar refractivity (Wildman–Crippen MR) is 99.3 cm³/mol. The van der Waals surface area contributed by atoms with Crippen LogP contribution in [0.25, 0.3) is 0 Å². The van der Waals surface area contributed by atoms with Crippen molar-refractivity contribution in [2.24, 2.45) is 0 Å². The van der Waals surface area contributed by atoms with E-state index in [-0.39, 0.29) is 5.78 Å². The third-order valence-corrected chi connectivity index (χ3v) is 4.25. The second-order valence-electron chi connectivity index (χ2n) is 5.75. The molecular weight excluding hydrogens is 332 g/mol. The molecule has 0 saturated carbocycles. The Morgan fingerprint density at radius 3 is 2.48 bits per heavy atom. The van der Waals surface area contributed by atoms with Gasteiger partial charge < -0.3 is 9.73 Å². The first-order valence-electron chi connectivity index (χ1n) is 8.02. The fourth-order valence-corrected chi connectivity index (χ4v) is 2.83. The normalized spacial score (nSPS) is 11.7. The van der Waals surface area contributed by atoms with Gasteiger partial charge in [0.2, 0.25) is 5.78 Å². The summed E-state index contributed by atoms with van der Waals surface area (Å²) in [5.74, 6) is 0.718. The van der Waals surface area contributed by atoms with E-state index in [0.717, 1.165) is 11.3 Å². The Labute approximate surface area is 152 Å². The first-order chi connectivity index (χ1) is 12.1. The number of Topliss-reactive ketones (excluding diaryl/α,β-unsaturated/α-hetero) is 1. The molecule has 0 bridgehead atoms. The maximum atomic E-state index is 13.1. The van der Waals surface area contributed by atoms with Crippen LogP contribution >= 0.6 is 12.2 Å².